The molecular weight excluding hydrogens is 339 g/mol. The molecule has 3 rings (SSSR count). The number of benzene rings is 2. The minimum absolute atomic E-state index is 0.106. The minimum Gasteiger partial charge on any atom is -0.354 e. The highest BCUT2D eigenvalue weighted by atomic mass is 19.1. The van der Waals surface area contributed by atoms with E-state index in [-0.39, 0.29) is 17.8 Å². The Morgan fingerprint density at radius 1 is 1.00 bits per heavy atom. The summed E-state index contributed by atoms with van der Waals surface area (Å²) in [5, 5.41) is 3.10. The van der Waals surface area contributed by atoms with E-state index in [1.54, 1.807) is 0 Å². The summed E-state index contributed by atoms with van der Waals surface area (Å²) in [6.45, 7) is 2.66. The lowest BCUT2D eigenvalue weighted by Crippen LogP contribution is -2.36. The summed E-state index contributed by atoms with van der Waals surface area (Å²) in [6.07, 6.45) is 5.86. The number of carbonyl (C=O) groups is 1. The molecule has 1 N–H and O–H groups in total. The van der Waals surface area contributed by atoms with Gasteiger partial charge in [0.25, 0.3) is 0 Å². The van der Waals surface area contributed by atoms with Crippen molar-refractivity contribution in [1.29, 1.82) is 0 Å². The van der Waals surface area contributed by atoms with Crippen LogP contribution in [0.5, 0.6) is 0 Å². The van der Waals surface area contributed by atoms with E-state index in [0.29, 0.717) is 13.0 Å². The Hall–Kier alpha value is -2.20. The van der Waals surface area contributed by atoms with Crippen molar-refractivity contribution in [3.05, 3.63) is 71.5 Å². The van der Waals surface area contributed by atoms with Gasteiger partial charge in [-0.15, -0.1) is 0 Å². The van der Waals surface area contributed by atoms with E-state index in [2.05, 4.69) is 34.5 Å². The molecule has 27 heavy (non-hydrogen) atoms. The summed E-state index contributed by atoms with van der Waals surface area (Å²) in [6, 6.07) is 17.2. The average Bonchev–Trinajstić information content (AvgIpc) is 3.22. The number of hydrogen-bond acceptors (Lipinski definition) is 2. The molecule has 1 amide bonds. The number of rotatable bonds is 9. The van der Waals surface area contributed by atoms with Gasteiger partial charge in [-0.3, -0.25) is 9.69 Å². The van der Waals surface area contributed by atoms with Gasteiger partial charge in [0.1, 0.15) is 5.82 Å². The van der Waals surface area contributed by atoms with Gasteiger partial charge in [0.05, 0.1) is 6.04 Å². The lowest BCUT2D eigenvalue weighted by atomic mass is 10.0. The van der Waals surface area contributed by atoms with Gasteiger partial charge in [-0.1, -0.05) is 42.5 Å². The topological polar surface area (TPSA) is 32.3 Å². The maximum atomic E-state index is 13.3. The third-order valence-electron chi connectivity index (χ3n) is 5.29. The number of nitrogens with one attached hydrogen (secondary N) is 1. The van der Waals surface area contributed by atoms with Gasteiger partial charge in [0, 0.05) is 13.0 Å². The molecule has 144 valence electrons. The van der Waals surface area contributed by atoms with Gasteiger partial charge in [-0.05, 0) is 68.5 Å². The summed E-state index contributed by atoms with van der Waals surface area (Å²) in [5.41, 5.74) is 2.39. The second-order valence-corrected chi connectivity index (χ2v) is 7.31. The molecular formula is C23H29FN2O. The van der Waals surface area contributed by atoms with E-state index in [9.17, 15) is 9.18 Å². The first-order valence-electron chi connectivity index (χ1n) is 10.0. The van der Waals surface area contributed by atoms with Crippen molar-refractivity contribution < 1.29 is 9.18 Å². The monoisotopic (exact) mass is 368 g/mol. The smallest absolute Gasteiger partial charge is 0.220 e. The van der Waals surface area contributed by atoms with Crippen molar-refractivity contribution in [3.63, 3.8) is 0 Å². The van der Waals surface area contributed by atoms with Crippen LogP contribution in [-0.2, 0) is 11.2 Å². The number of carbonyl (C=O) groups excluding carboxylic acids is 1. The fourth-order valence-electron chi connectivity index (χ4n) is 3.75. The number of aryl methyl sites for hydroxylation is 1. The van der Waals surface area contributed by atoms with Gasteiger partial charge in [0.2, 0.25) is 5.91 Å². The van der Waals surface area contributed by atoms with Crippen LogP contribution in [0.4, 0.5) is 4.39 Å². The van der Waals surface area contributed by atoms with Gasteiger partial charge in [0.15, 0.2) is 0 Å². The SMILES string of the molecule is O=C(CCCCc1ccccc1)NCC(c1ccc(F)cc1)N1CCCC1. The first-order valence-corrected chi connectivity index (χ1v) is 10.0. The van der Waals surface area contributed by atoms with Gasteiger partial charge >= 0.3 is 0 Å². The van der Waals surface area contributed by atoms with Gasteiger partial charge in [-0.25, -0.2) is 4.39 Å². The molecule has 1 atom stereocenters. The molecule has 0 aromatic heterocycles. The van der Waals surface area contributed by atoms with Crippen LogP contribution in [0.25, 0.3) is 0 Å². The Morgan fingerprint density at radius 2 is 1.70 bits per heavy atom. The van der Waals surface area contributed by atoms with E-state index >= 15 is 0 Å². The zero-order valence-corrected chi connectivity index (χ0v) is 15.9. The van der Waals surface area contributed by atoms with Crippen LogP contribution in [0, 0.1) is 5.82 Å². The molecule has 1 aliphatic rings. The van der Waals surface area contributed by atoms with Crippen LogP contribution in [0.1, 0.15) is 49.3 Å². The van der Waals surface area contributed by atoms with E-state index in [1.807, 2.05) is 18.2 Å². The Morgan fingerprint density at radius 3 is 2.41 bits per heavy atom. The molecule has 2 aromatic carbocycles. The molecule has 3 nitrogen and oxygen atoms in total. The second-order valence-electron chi connectivity index (χ2n) is 7.31. The Kier molecular flexibility index (Phi) is 7.40. The Balaban J connectivity index is 1.45. The molecule has 1 unspecified atom stereocenters. The molecule has 0 bridgehead atoms. The van der Waals surface area contributed by atoms with Gasteiger partial charge < -0.3 is 5.32 Å². The molecule has 0 spiro atoms. The third kappa shape index (κ3) is 6.17. The first kappa shape index (κ1) is 19.6. The predicted octanol–water partition coefficient (Wildman–Crippen LogP) is 4.49. The summed E-state index contributed by atoms with van der Waals surface area (Å²) in [5.74, 6) is -0.115. The maximum absolute atomic E-state index is 13.3. The fraction of sp³-hybridized carbons (Fsp3) is 0.435. The van der Waals surface area contributed by atoms with Crippen LogP contribution in [0.3, 0.4) is 0 Å². The standard InChI is InChI=1S/C23H29FN2O/c24-21-14-12-20(13-15-21)22(26-16-6-7-17-26)18-25-23(27)11-5-4-10-19-8-2-1-3-9-19/h1-3,8-9,12-15,22H,4-7,10-11,16-18H2,(H,25,27). The Labute approximate surface area is 161 Å². The summed E-state index contributed by atoms with van der Waals surface area (Å²) < 4.78 is 13.3. The van der Waals surface area contributed by atoms with Crippen LogP contribution < -0.4 is 5.32 Å². The molecule has 4 heteroatoms. The number of halogens is 1. The number of amides is 1. The van der Waals surface area contributed by atoms with Gasteiger partial charge in [-0.2, -0.15) is 0 Å². The molecule has 0 aliphatic carbocycles. The number of nitrogens with zero attached hydrogens (tertiary/aromatic N) is 1. The summed E-state index contributed by atoms with van der Waals surface area (Å²) >= 11 is 0. The largest absolute Gasteiger partial charge is 0.354 e. The lowest BCUT2D eigenvalue weighted by molar-refractivity contribution is -0.121. The molecule has 1 fully saturated rings. The molecule has 0 saturated carbocycles. The third-order valence-corrected chi connectivity index (χ3v) is 5.29. The zero-order valence-electron chi connectivity index (χ0n) is 15.9. The summed E-state index contributed by atoms with van der Waals surface area (Å²) in [7, 11) is 0. The Bertz CT molecular complexity index is 696. The molecule has 1 heterocycles. The van der Waals surface area contributed by atoms with Crippen LogP contribution in [0.15, 0.2) is 54.6 Å². The van der Waals surface area contributed by atoms with Crippen LogP contribution in [0.2, 0.25) is 0 Å². The maximum Gasteiger partial charge on any atom is 0.220 e. The first-order chi connectivity index (χ1) is 13.2. The van der Waals surface area contributed by atoms with Crippen molar-refractivity contribution in [2.24, 2.45) is 0 Å². The second kappa shape index (κ2) is 10.2. The lowest BCUT2D eigenvalue weighted by Gasteiger charge is -2.28. The minimum atomic E-state index is -0.221. The van der Waals surface area contributed by atoms with Crippen LogP contribution >= 0.6 is 0 Å². The van der Waals surface area contributed by atoms with Crippen LogP contribution in [-0.4, -0.2) is 30.4 Å². The highest BCUT2D eigenvalue weighted by Gasteiger charge is 2.23. The van der Waals surface area contributed by atoms with Crippen molar-refractivity contribution in [2.45, 2.75) is 44.6 Å². The quantitative estimate of drug-likeness (QED) is 0.661. The highest BCUT2D eigenvalue weighted by molar-refractivity contribution is 5.75. The van der Waals surface area contributed by atoms with E-state index < -0.39 is 0 Å². The van der Waals surface area contributed by atoms with E-state index in [0.717, 1.165) is 37.9 Å². The van der Waals surface area contributed by atoms with Crippen molar-refractivity contribution in [1.82, 2.24) is 10.2 Å². The number of unbranched alkanes of at least 4 members (excludes halogenated alkanes) is 1. The molecule has 2 aromatic rings. The average molecular weight is 368 g/mol. The predicted molar refractivity (Wildman–Crippen MR) is 107 cm³/mol. The van der Waals surface area contributed by atoms with E-state index in [4.69, 9.17) is 0 Å². The number of likely N-dealkylation sites (tertiary alicyclic amines) is 1. The van der Waals surface area contributed by atoms with Crippen molar-refractivity contribution >= 4 is 5.91 Å². The molecule has 1 saturated heterocycles. The van der Waals surface area contributed by atoms with E-state index in [1.165, 1.54) is 30.5 Å². The molecule has 1 aliphatic heterocycles. The number of hydrogen-bond donors (Lipinski definition) is 1. The zero-order chi connectivity index (χ0) is 18.9. The normalized spacial score (nSPS) is 15.6. The molecule has 0 radical (unpaired) electrons. The summed E-state index contributed by atoms with van der Waals surface area (Å²) in [4.78, 5) is 14.7. The highest BCUT2D eigenvalue weighted by Crippen LogP contribution is 2.24. The fourth-order valence-corrected chi connectivity index (χ4v) is 3.75. The van der Waals surface area contributed by atoms with Crippen molar-refractivity contribution in [2.75, 3.05) is 19.6 Å². The van der Waals surface area contributed by atoms with Crippen molar-refractivity contribution in [3.8, 4) is 0 Å².